The molecular weight excluding hydrogens is 304 g/mol. The summed E-state index contributed by atoms with van der Waals surface area (Å²) in [5, 5.41) is 0. The molecule has 0 unspecified atom stereocenters. The highest BCUT2D eigenvalue weighted by molar-refractivity contribution is 5.73. The minimum absolute atomic E-state index is 0.112. The van der Waals surface area contributed by atoms with E-state index in [0.717, 1.165) is 17.7 Å². The quantitative estimate of drug-likeness (QED) is 0.551. The lowest BCUT2D eigenvalue weighted by atomic mass is 9.76. The molecular formula is C24H26O. The molecule has 0 spiro atoms. The van der Waals surface area contributed by atoms with Gasteiger partial charge in [-0.15, -0.1) is 0 Å². The standard InChI is InChI=1S/C24H26O/c1-5-16-25-23-21(19-10-7-6-8-11-19)12-9-13-22(23)24(3,4)20-15-14-18(2)17-20/h5-13,15,17H,1,14,16H2,2-4H3. The zero-order valence-electron chi connectivity index (χ0n) is 15.4. The molecule has 0 saturated heterocycles. The Morgan fingerprint density at radius 3 is 2.48 bits per heavy atom. The van der Waals surface area contributed by atoms with Crippen molar-refractivity contribution in [3.05, 3.63) is 90.0 Å². The van der Waals surface area contributed by atoms with Crippen LogP contribution in [0.25, 0.3) is 11.1 Å². The molecule has 0 saturated carbocycles. The number of hydrogen-bond donors (Lipinski definition) is 0. The van der Waals surface area contributed by atoms with E-state index >= 15 is 0 Å². The number of ether oxygens (including phenoxy) is 1. The van der Waals surface area contributed by atoms with E-state index in [1.165, 1.54) is 22.3 Å². The van der Waals surface area contributed by atoms with E-state index in [1.807, 2.05) is 6.07 Å². The summed E-state index contributed by atoms with van der Waals surface area (Å²) in [5.74, 6) is 0.956. The highest BCUT2D eigenvalue weighted by Gasteiger charge is 2.30. The van der Waals surface area contributed by atoms with E-state index in [0.29, 0.717) is 6.61 Å². The minimum atomic E-state index is -0.112. The predicted molar refractivity (Wildman–Crippen MR) is 107 cm³/mol. The largest absolute Gasteiger partial charge is 0.489 e. The van der Waals surface area contributed by atoms with Crippen LogP contribution in [-0.4, -0.2) is 6.61 Å². The van der Waals surface area contributed by atoms with Crippen LogP contribution in [0, 0.1) is 0 Å². The normalized spacial score (nSPS) is 14.0. The van der Waals surface area contributed by atoms with Crippen LogP contribution in [0.1, 0.15) is 32.8 Å². The lowest BCUT2D eigenvalue weighted by Gasteiger charge is -2.29. The van der Waals surface area contributed by atoms with E-state index in [4.69, 9.17) is 4.74 Å². The van der Waals surface area contributed by atoms with E-state index in [1.54, 1.807) is 6.08 Å². The van der Waals surface area contributed by atoms with Crippen molar-refractivity contribution in [1.29, 1.82) is 0 Å². The second-order valence-corrected chi connectivity index (χ2v) is 7.13. The fourth-order valence-electron chi connectivity index (χ4n) is 3.42. The van der Waals surface area contributed by atoms with Gasteiger partial charge in [-0.2, -0.15) is 0 Å². The number of benzene rings is 2. The van der Waals surface area contributed by atoms with Gasteiger partial charge in [-0.3, -0.25) is 0 Å². The van der Waals surface area contributed by atoms with Crippen LogP contribution in [0.4, 0.5) is 0 Å². The van der Waals surface area contributed by atoms with E-state index in [9.17, 15) is 0 Å². The summed E-state index contributed by atoms with van der Waals surface area (Å²) in [4.78, 5) is 0. The van der Waals surface area contributed by atoms with E-state index < -0.39 is 0 Å². The Morgan fingerprint density at radius 2 is 1.84 bits per heavy atom. The van der Waals surface area contributed by atoms with Gasteiger partial charge in [0.25, 0.3) is 0 Å². The second kappa shape index (κ2) is 7.14. The molecule has 1 nitrogen and oxygen atoms in total. The summed E-state index contributed by atoms with van der Waals surface area (Å²) >= 11 is 0. The van der Waals surface area contributed by atoms with Crippen molar-refractivity contribution in [2.75, 3.05) is 6.61 Å². The van der Waals surface area contributed by atoms with Crippen molar-refractivity contribution in [3.63, 3.8) is 0 Å². The first-order valence-electron chi connectivity index (χ1n) is 8.84. The summed E-state index contributed by atoms with van der Waals surface area (Å²) < 4.78 is 6.18. The van der Waals surface area contributed by atoms with Gasteiger partial charge in [0, 0.05) is 16.5 Å². The molecule has 1 aliphatic carbocycles. The first-order chi connectivity index (χ1) is 12.0. The molecule has 25 heavy (non-hydrogen) atoms. The maximum absolute atomic E-state index is 6.18. The maximum atomic E-state index is 6.18. The summed E-state index contributed by atoms with van der Waals surface area (Å²) in [6.07, 6.45) is 7.49. The van der Waals surface area contributed by atoms with Crippen LogP contribution >= 0.6 is 0 Å². The molecule has 0 aliphatic heterocycles. The summed E-state index contributed by atoms with van der Waals surface area (Å²) in [6, 6.07) is 16.9. The maximum Gasteiger partial charge on any atom is 0.131 e. The molecule has 2 aromatic rings. The second-order valence-electron chi connectivity index (χ2n) is 7.13. The molecule has 1 heteroatoms. The van der Waals surface area contributed by atoms with Crippen molar-refractivity contribution in [2.45, 2.75) is 32.6 Å². The Bertz CT molecular complexity index is 822. The highest BCUT2D eigenvalue weighted by Crippen LogP contribution is 2.44. The number of rotatable bonds is 6. The van der Waals surface area contributed by atoms with Crippen LogP contribution in [0.2, 0.25) is 0 Å². The average molecular weight is 330 g/mol. The van der Waals surface area contributed by atoms with Gasteiger partial charge in [0.2, 0.25) is 0 Å². The Balaban J connectivity index is 2.14. The summed E-state index contributed by atoms with van der Waals surface area (Å²) in [7, 11) is 0. The molecule has 1 aliphatic rings. The van der Waals surface area contributed by atoms with E-state index in [2.05, 4.69) is 82.0 Å². The van der Waals surface area contributed by atoms with Gasteiger partial charge in [-0.25, -0.2) is 0 Å². The lowest BCUT2D eigenvalue weighted by molar-refractivity contribution is 0.354. The van der Waals surface area contributed by atoms with Crippen LogP contribution in [0.3, 0.4) is 0 Å². The smallest absolute Gasteiger partial charge is 0.131 e. The Labute approximate surface area is 151 Å². The third-order valence-electron chi connectivity index (χ3n) is 4.89. The molecule has 0 radical (unpaired) electrons. The minimum Gasteiger partial charge on any atom is -0.489 e. The van der Waals surface area contributed by atoms with Crippen molar-refractivity contribution in [3.8, 4) is 16.9 Å². The van der Waals surface area contributed by atoms with Crippen molar-refractivity contribution < 1.29 is 4.74 Å². The Morgan fingerprint density at radius 1 is 1.08 bits per heavy atom. The molecule has 0 heterocycles. The molecule has 0 bridgehead atoms. The van der Waals surface area contributed by atoms with Gasteiger partial charge in [0.15, 0.2) is 0 Å². The highest BCUT2D eigenvalue weighted by atomic mass is 16.5. The zero-order valence-corrected chi connectivity index (χ0v) is 15.4. The van der Waals surface area contributed by atoms with Gasteiger partial charge in [0.1, 0.15) is 12.4 Å². The summed E-state index contributed by atoms with van der Waals surface area (Å²) in [5.41, 5.74) is 6.18. The van der Waals surface area contributed by atoms with Crippen LogP contribution < -0.4 is 4.74 Å². The number of para-hydroxylation sites is 1. The molecule has 2 aromatic carbocycles. The van der Waals surface area contributed by atoms with Crippen LogP contribution in [0.5, 0.6) is 5.75 Å². The molecule has 0 aromatic heterocycles. The van der Waals surface area contributed by atoms with Gasteiger partial charge in [-0.1, -0.05) is 92.8 Å². The van der Waals surface area contributed by atoms with Crippen molar-refractivity contribution in [2.24, 2.45) is 0 Å². The summed E-state index contributed by atoms with van der Waals surface area (Å²) in [6.45, 7) is 11.1. The molecule has 0 atom stereocenters. The lowest BCUT2D eigenvalue weighted by Crippen LogP contribution is -2.20. The predicted octanol–water partition coefficient (Wildman–Crippen LogP) is 6.47. The third-order valence-corrected chi connectivity index (χ3v) is 4.89. The Hall–Kier alpha value is -2.54. The zero-order chi connectivity index (χ0) is 17.9. The van der Waals surface area contributed by atoms with Gasteiger partial charge >= 0.3 is 0 Å². The van der Waals surface area contributed by atoms with Crippen LogP contribution in [-0.2, 0) is 5.41 Å². The van der Waals surface area contributed by atoms with Gasteiger partial charge in [0.05, 0.1) is 0 Å². The molecule has 0 fully saturated rings. The van der Waals surface area contributed by atoms with E-state index in [-0.39, 0.29) is 5.41 Å². The fourth-order valence-corrected chi connectivity index (χ4v) is 3.42. The molecule has 3 rings (SSSR count). The average Bonchev–Trinajstić information content (AvgIpc) is 3.07. The monoisotopic (exact) mass is 330 g/mol. The SMILES string of the molecule is C=CCOc1c(-c2ccccc2)cccc1C(C)(C)C1=CCC(C)=C1. The number of allylic oxidation sites excluding steroid dienone is 4. The van der Waals surface area contributed by atoms with Gasteiger partial charge < -0.3 is 4.74 Å². The number of hydrogen-bond acceptors (Lipinski definition) is 1. The van der Waals surface area contributed by atoms with Crippen molar-refractivity contribution >= 4 is 0 Å². The first-order valence-corrected chi connectivity index (χ1v) is 8.84. The van der Waals surface area contributed by atoms with Crippen LogP contribution in [0.15, 0.2) is 84.5 Å². The molecule has 128 valence electrons. The third kappa shape index (κ3) is 3.46. The first kappa shape index (κ1) is 17.3. The molecule has 0 amide bonds. The molecule has 0 N–H and O–H groups in total. The van der Waals surface area contributed by atoms with Gasteiger partial charge in [-0.05, 0) is 24.5 Å². The fraction of sp³-hybridized carbons (Fsp3) is 0.250. The Kier molecular flexibility index (Phi) is 4.94. The topological polar surface area (TPSA) is 9.23 Å². The van der Waals surface area contributed by atoms with Crippen molar-refractivity contribution in [1.82, 2.24) is 0 Å².